The summed E-state index contributed by atoms with van der Waals surface area (Å²) in [6, 6.07) is 7.33. The number of nitrogens with two attached hydrogens (primary N) is 1. The first-order valence-corrected chi connectivity index (χ1v) is 7.52. The highest BCUT2D eigenvalue weighted by atomic mass is 16.2. The third-order valence-electron chi connectivity index (χ3n) is 4.11. The second-order valence-corrected chi connectivity index (χ2v) is 5.63. The maximum atomic E-state index is 12.6. The fourth-order valence-electron chi connectivity index (χ4n) is 2.85. The van der Waals surface area contributed by atoms with Crippen molar-refractivity contribution in [1.29, 1.82) is 0 Å². The van der Waals surface area contributed by atoms with Crippen molar-refractivity contribution in [2.24, 2.45) is 0 Å². The number of anilines is 3. The molecule has 3 rings (SSSR count). The van der Waals surface area contributed by atoms with Crippen LogP contribution in [0.5, 0.6) is 0 Å². The predicted octanol–water partition coefficient (Wildman–Crippen LogP) is 0.614. The Labute approximate surface area is 136 Å². The van der Waals surface area contributed by atoms with Gasteiger partial charge in [0.1, 0.15) is 19.6 Å². The molecule has 0 saturated heterocycles. The Hall–Kier alpha value is -2.57. The largest absolute Gasteiger partial charge is 0.368 e. The molecule has 1 atom stereocenters. The zero-order valence-corrected chi connectivity index (χ0v) is 13.2. The van der Waals surface area contributed by atoms with Gasteiger partial charge in [0.2, 0.25) is 11.9 Å². The monoisotopic (exact) mass is 307 g/mol. The summed E-state index contributed by atoms with van der Waals surface area (Å²) >= 11 is 0. The number of nitrogens with zero attached hydrogens (tertiary/aromatic N) is 4. The van der Waals surface area contributed by atoms with Crippen molar-refractivity contribution >= 4 is 36.7 Å². The molecule has 1 unspecified atom stereocenters. The molecule has 2 aromatic rings. The van der Waals surface area contributed by atoms with Gasteiger partial charge in [0.05, 0.1) is 6.20 Å². The number of fused-ring (bicyclic) bond motifs is 1. The first-order chi connectivity index (χ1) is 11.0. The number of amides is 1. The summed E-state index contributed by atoms with van der Waals surface area (Å²) in [4.78, 5) is 24.6. The van der Waals surface area contributed by atoms with Crippen LogP contribution < -0.4 is 21.0 Å². The summed E-state index contributed by atoms with van der Waals surface area (Å²) in [6.07, 6.45) is 2.28. The number of hydrogen-bond donors (Lipinski definition) is 1. The smallest absolute Gasteiger partial charge is 0.249 e. The first kappa shape index (κ1) is 15.3. The third kappa shape index (κ3) is 2.74. The number of hydrogen-bond acceptors (Lipinski definition) is 5. The van der Waals surface area contributed by atoms with E-state index in [0.717, 1.165) is 5.56 Å². The molecular formula is C16H18BN5O. The molecule has 0 spiro atoms. The normalized spacial score (nSPS) is 17.3. The van der Waals surface area contributed by atoms with Crippen molar-refractivity contribution < 1.29 is 4.79 Å². The molecule has 2 N–H and O–H groups in total. The van der Waals surface area contributed by atoms with E-state index in [2.05, 4.69) is 9.97 Å². The Balaban J connectivity index is 2.04. The molecule has 7 heteroatoms. The van der Waals surface area contributed by atoms with E-state index in [1.165, 1.54) is 0 Å². The van der Waals surface area contributed by atoms with E-state index in [9.17, 15) is 4.79 Å². The summed E-state index contributed by atoms with van der Waals surface area (Å²) < 4.78 is 0. The van der Waals surface area contributed by atoms with Crippen LogP contribution in [-0.4, -0.2) is 36.8 Å². The molecule has 0 fully saturated rings. The molecule has 0 saturated carbocycles. The molecule has 2 radical (unpaired) electrons. The van der Waals surface area contributed by atoms with Crippen LogP contribution in [0, 0.1) is 0 Å². The Kier molecular flexibility index (Phi) is 3.94. The molecule has 1 amide bonds. The summed E-state index contributed by atoms with van der Waals surface area (Å²) in [5.74, 6) is 0.913. The fourth-order valence-corrected chi connectivity index (χ4v) is 2.85. The molecule has 1 aromatic heterocycles. The van der Waals surface area contributed by atoms with Crippen LogP contribution in [0.1, 0.15) is 18.9 Å². The molecular weight excluding hydrogens is 289 g/mol. The highest BCUT2D eigenvalue weighted by Crippen LogP contribution is 2.35. The van der Waals surface area contributed by atoms with Crippen molar-refractivity contribution in [2.45, 2.75) is 25.9 Å². The van der Waals surface area contributed by atoms with Gasteiger partial charge in [-0.2, -0.15) is 4.98 Å². The lowest BCUT2D eigenvalue weighted by molar-refractivity contribution is -0.120. The van der Waals surface area contributed by atoms with Crippen molar-refractivity contribution in [1.82, 2.24) is 9.97 Å². The van der Waals surface area contributed by atoms with Crippen LogP contribution in [0.4, 0.5) is 17.5 Å². The van der Waals surface area contributed by atoms with Crippen LogP contribution in [0.2, 0.25) is 0 Å². The standard InChI is InChI=1S/C16H18BN5O/c1-3-12-15(23)21(2)13-8-19-16(18)20-14(13)22(12)9-10-4-6-11(17)7-5-10/h4-8,12H,3,9H2,1-2H3,(H2,18,19,20). The maximum Gasteiger partial charge on any atom is 0.249 e. The lowest BCUT2D eigenvalue weighted by Crippen LogP contribution is -2.52. The Bertz CT molecular complexity index is 734. The molecule has 23 heavy (non-hydrogen) atoms. The Morgan fingerprint density at radius 3 is 2.65 bits per heavy atom. The van der Waals surface area contributed by atoms with Gasteiger partial charge >= 0.3 is 0 Å². The lowest BCUT2D eigenvalue weighted by Gasteiger charge is -2.40. The second kappa shape index (κ2) is 5.91. The molecule has 1 aromatic carbocycles. The molecule has 0 aliphatic carbocycles. The zero-order valence-electron chi connectivity index (χ0n) is 13.2. The maximum absolute atomic E-state index is 12.6. The topological polar surface area (TPSA) is 75.4 Å². The van der Waals surface area contributed by atoms with E-state index in [-0.39, 0.29) is 17.9 Å². The molecule has 6 nitrogen and oxygen atoms in total. The van der Waals surface area contributed by atoms with Crippen molar-refractivity contribution in [3.8, 4) is 0 Å². The van der Waals surface area contributed by atoms with E-state index < -0.39 is 0 Å². The Morgan fingerprint density at radius 2 is 2.00 bits per heavy atom. The van der Waals surface area contributed by atoms with Gasteiger partial charge < -0.3 is 15.5 Å². The number of aromatic nitrogens is 2. The minimum Gasteiger partial charge on any atom is -0.368 e. The highest BCUT2D eigenvalue weighted by molar-refractivity contribution is 6.32. The molecule has 0 bridgehead atoms. The molecule has 1 aliphatic rings. The molecule has 116 valence electrons. The van der Waals surface area contributed by atoms with Gasteiger partial charge in [0.25, 0.3) is 0 Å². The van der Waals surface area contributed by atoms with Crippen LogP contribution in [0.15, 0.2) is 30.5 Å². The van der Waals surface area contributed by atoms with E-state index in [4.69, 9.17) is 13.6 Å². The number of benzene rings is 1. The first-order valence-electron chi connectivity index (χ1n) is 7.52. The van der Waals surface area contributed by atoms with Crippen LogP contribution in [0.3, 0.4) is 0 Å². The van der Waals surface area contributed by atoms with Gasteiger partial charge in [0.15, 0.2) is 5.82 Å². The Morgan fingerprint density at radius 1 is 1.30 bits per heavy atom. The van der Waals surface area contributed by atoms with Crippen molar-refractivity contribution in [3.05, 3.63) is 36.0 Å². The van der Waals surface area contributed by atoms with Gasteiger partial charge in [-0.05, 0) is 12.0 Å². The number of rotatable bonds is 3. The van der Waals surface area contributed by atoms with E-state index in [1.807, 2.05) is 36.1 Å². The fraction of sp³-hybridized carbons (Fsp3) is 0.312. The average molecular weight is 307 g/mol. The van der Waals surface area contributed by atoms with E-state index >= 15 is 0 Å². The average Bonchev–Trinajstić information content (AvgIpc) is 2.54. The zero-order chi connectivity index (χ0) is 16.6. The van der Waals surface area contributed by atoms with E-state index in [0.29, 0.717) is 29.9 Å². The van der Waals surface area contributed by atoms with Gasteiger partial charge in [-0.25, -0.2) is 4.98 Å². The minimum atomic E-state index is -0.278. The van der Waals surface area contributed by atoms with Gasteiger partial charge in [-0.3, -0.25) is 4.79 Å². The molecule has 2 heterocycles. The SMILES string of the molecule is [B]c1ccc(CN2c3nc(N)ncc3N(C)C(=O)C2CC)cc1. The lowest BCUT2D eigenvalue weighted by atomic mass is 9.95. The van der Waals surface area contributed by atoms with Gasteiger partial charge in [-0.15, -0.1) is 0 Å². The van der Waals surface area contributed by atoms with E-state index in [1.54, 1.807) is 18.1 Å². The summed E-state index contributed by atoms with van der Waals surface area (Å²) in [5.41, 5.74) is 8.19. The van der Waals surface area contributed by atoms with Crippen LogP contribution >= 0.6 is 0 Å². The quantitative estimate of drug-likeness (QED) is 0.841. The molecule has 1 aliphatic heterocycles. The van der Waals surface area contributed by atoms with Gasteiger partial charge in [0, 0.05) is 13.6 Å². The summed E-state index contributed by atoms with van der Waals surface area (Å²) in [5, 5.41) is 0. The third-order valence-corrected chi connectivity index (χ3v) is 4.11. The number of carbonyl (C=O) groups excluding carboxylic acids is 1. The predicted molar refractivity (Wildman–Crippen MR) is 91.9 cm³/mol. The minimum absolute atomic E-state index is 0.0313. The number of likely N-dealkylation sites (N-methyl/N-ethyl adjacent to an activating group) is 1. The van der Waals surface area contributed by atoms with Crippen molar-refractivity contribution in [3.63, 3.8) is 0 Å². The summed E-state index contributed by atoms with van der Waals surface area (Å²) in [7, 11) is 7.48. The van der Waals surface area contributed by atoms with Gasteiger partial charge in [-0.1, -0.05) is 36.7 Å². The number of carbonyl (C=O) groups is 1. The second-order valence-electron chi connectivity index (χ2n) is 5.63. The van der Waals surface area contributed by atoms with Crippen LogP contribution in [0.25, 0.3) is 0 Å². The van der Waals surface area contributed by atoms with Crippen LogP contribution in [-0.2, 0) is 11.3 Å². The summed E-state index contributed by atoms with van der Waals surface area (Å²) in [6.45, 7) is 2.55. The van der Waals surface area contributed by atoms with Crippen molar-refractivity contribution in [2.75, 3.05) is 22.6 Å². The number of nitrogen functional groups attached to an aromatic ring is 1. The highest BCUT2D eigenvalue weighted by Gasteiger charge is 2.36.